The van der Waals surface area contributed by atoms with Gasteiger partial charge < -0.3 is 0 Å². The highest BCUT2D eigenvalue weighted by atomic mass is 127. The molecule has 74 valence electrons. The number of fused-ring (bicyclic) bond motifs is 1. The molecule has 2 saturated carbocycles. The van der Waals surface area contributed by atoms with Crippen molar-refractivity contribution >= 4 is 28.4 Å². The summed E-state index contributed by atoms with van der Waals surface area (Å²) in [5.74, 6) is 3.00. The molecule has 0 aromatic carbocycles. The number of hydrogen-bond donors (Lipinski definition) is 0. The lowest BCUT2D eigenvalue weighted by Crippen LogP contribution is -2.38. The third-order valence-electron chi connectivity index (χ3n) is 3.75. The van der Waals surface area contributed by atoms with Crippen LogP contribution in [0.3, 0.4) is 0 Å². The molecule has 2 aliphatic carbocycles. The molecule has 2 heteroatoms. The minimum Gasteiger partial charge on any atom is -0.299 e. The molecule has 0 aromatic rings. The molecule has 2 rings (SSSR count). The Balaban J connectivity index is 2.06. The lowest BCUT2D eigenvalue weighted by Gasteiger charge is -2.40. The number of halogens is 1. The highest BCUT2D eigenvalue weighted by molar-refractivity contribution is 14.1. The van der Waals surface area contributed by atoms with E-state index >= 15 is 0 Å². The number of alkyl halides is 1. The summed E-state index contributed by atoms with van der Waals surface area (Å²) in [6, 6.07) is 0. The van der Waals surface area contributed by atoms with Crippen LogP contribution >= 0.6 is 22.6 Å². The minimum atomic E-state index is 0.337. The van der Waals surface area contributed by atoms with Crippen molar-refractivity contribution in [1.82, 2.24) is 0 Å². The largest absolute Gasteiger partial charge is 0.299 e. The van der Waals surface area contributed by atoms with Gasteiger partial charge in [-0.05, 0) is 37.0 Å². The van der Waals surface area contributed by atoms with Gasteiger partial charge in [0, 0.05) is 6.42 Å². The van der Waals surface area contributed by atoms with Gasteiger partial charge in [-0.1, -0.05) is 35.9 Å². The van der Waals surface area contributed by atoms with Gasteiger partial charge in [0.05, 0.1) is 3.92 Å². The fourth-order valence-corrected chi connectivity index (χ4v) is 4.20. The Bertz CT molecular complexity index is 214. The van der Waals surface area contributed by atoms with Gasteiger partial charge in [0.15, 0.2) is 0 Å². The number of carbonyl (C=O) groups excluding carboxylic acids is 1. The van der Waals surface area contributed by atoms with E-state index in [4.69, 9.17) is 0 Å². The Morgan fingerprint density at radius 1 is 1.31 bits per heavy atom. The highest BCUT2D eigenvalue weighted by Gasteiger charge is 2.39. The van der Waals surface area contributed by atoms with Crippen LogP contribution in [0.5, 0.6) is 0 Å². The van der Waals surface area contributed by atoms with Crippen LogP contribution in [0.1, 0.15) is 39.0 Å². The van der Waals surface area contributed by atoms with Gasteiger partial charge in [0.1, 0.15) is 5.78 Å². The lowest BCUT2D eigenvalue weighted by molar-refractivity contribution is -0.122. The number of carbonyl (C=O) groups is 1. The SMILES string of the molecule is CC1CC[C@@H]2C(CCC(=O)[C@@H]2I)C1. The summed E-state index contributed by atoms with van der Waals surface area (Å²) in [5.41, 5.74) is 0. The summed E-state index contributed by atoms with van der Waals surface area (Å²) in [6.07, 6.45) is 6.03. The van der Waals surface area contributed by atoms with E-state index in [0.29, 0.717) is 9.71 Å². The summed E-state index contributed by atoms with van der Waals surface area (Å²) in [7, 11) is 0. The summed E-state index contributed by atoms with van der Waals surface area (Å²) in [4.78, 5) is 11.5. The van der Waals surface area contributed by atoms with Crippen LogP contribution in [0.15, 0.2) is 0 Å². The topological polar surface area (TPSA) is 17.1 Å². The van der Waals surface area contributed by atoms with Crippen LogP contribution < -0.4 is 0 Å². The first-order chi connectivity index (χ1) is 6.18. The second-order valence-corrected chi connectivity index (χ2v) is 6.09. The first-order valence-electron chi connectivity index (χ1n) is 5.35. The summed E-state index contributed by atoms with van der Waals surface area (Å²) < 4.78 is 0.337. The van der Waals surface area contributed by atoms with E-state index in [0.717, 1.165) is 24.2 Å². The number of Topliss-reactive ketones (excluding diaryl/α,β-unsaturated/α-hetero) is 1. The fraction of sp³-hybridized carbons (Fsp3) is 0.909. The van der Waals surface area contributed by atoms with Gasteiger partial charge in [0.25, 0.3) is 0 Å². The molecule has 2 fully saturated rings. The van der Waals surface area contributed by atoms with E-state index in [2.05, 4.69) is 29.5 Å². The molecule has 4 atom stereocenters. The van der Waals surface area contributed by atoms with Gasteiger partial charge in [-0.3, -0.25) is 4.79 Å². The first-order valence-corrected chi connectivity index (χ1v) is 6.60. The molecule has 0 heterocycles. The maximum atomic E-state index is 11.5. The molecule has 0 radical (unpaired) electrons. The van der Waals surface area contributed by atoms with E-state index in [1.807, 2.05) is 0 Å². The molecule has 0 bridgehead atoms. The fourth-order valence-electron chi connectivity index (χ4n) is 2.94. The number of hydrogen-bond acceptors (Lipinski definition) is 1. The van der Waals surface area contributed by atoms with Crippen LogP contribution in [0.2, 0.25) is 0 Å². The molecule has 1 nitrogen and oxygen atoms in total. The molecule has 2 unspecified atom stereocenters. The number of ketones is 1. The minimum absolute atomic E-state index is 0.337. The molecule has 0 aromatic heterocycles. The van der Waals surface area contributed by atoms with Crippen molar-refractivity contribution in [3.63, 3.8) is 0 Å². The molecule has 0 N–H and O–H groups in total. The third kappa shape index (κ3) is 1.92. The maximum Gasteiger partial charge on any atom is 0.145 e. The van der Waals surface area contributed by atoms with Gasteiger partial charge in [0.2, 0.25) is 0 Å². The Morgan fingerprint density at radius 2 is 2.08 bits per heavy atom. The summed E-state index contributed by atoms with van der Waals surface area (Å²) >= 11 is 2.37. The molecule has 0 saturated heterocycles. The van der Waals surface area contributed by atoms with Crippen molar-refractivity contribution < 1.29 is 4.79 Å². The zero-order valence-corrected chi connectivity index (χ0v) is 10.3. The molecule has 0 amide bonds. The van der Waals surface area contributed by atoms with Crippen LogP contribution in [0.25, 0.3) is 0 Å². The van der Waals surface area contributed by atoms with E-state index in [9.17, 15) is 4.79 Å². The van der Waals surface area contributed by atoms with Crippen molar-refractivity contribution in [2.75, 3.05) is 0 Å². The van der Waals surface area contributed by atoms with Crippen LogP contribution in [0.4, 0.5) is 0 Å². The Hall–Kier alpha value is 0.400. The predicted molar refractivity (Wildman–Crippen MR) is 62.0 cm³/mol. The van der Waals surface area contributed by atoms with Crippen molar-refractivity contribution in [2.24, 2.45) is 17.8 Å². The van der Waals surface area contributed by atoms with Crippen LogP contribution in [-0.4, -0.2) is 9.71 Å². The predicted octanol–water partition coefficient (Wildman–Crippen LogP) is 3.21. The molecule has 0 spiro atoms. The second-order valence-electron chi connectivity index (χ2n) is 4.75. The quantitative estimate of drug-likeness (QED) is 0.495. The number of rotatable bonds is 0. The maximum absolute atomic E-state index is 11.5. The Morgan fingerprint density at radius 3 is 2.85 bits per heavy atom. The van der Waals surface area contributed by atoms with Gasteiger partial charge >= 0.3 is 0 Å². The molecule has 2 aliphatic rings. The van der Waals surface area contributed by atoms with Crippen LogP contribution in [0, 0.1) is 17.8 Å². The van der Waals surface area contributed by atoms with Gasteiger partial charge in [-0.25, -0.2) is 0 Å². The van der Waals surface area contributed by atoms with E-state index < -0.39 is 0 Å². The normalized spacial score (nSPS) is 45.8. The van der Waals surface area contributed by atoms with Crippen molar-refractivity contribution in [3.8, 4) is 0 Å². The summed E-state index contributed by atoms with van der Waals surface area (Å²) in [6.45, 7) is 2.36. The monoisotopic (exact) mass is 292 g/mol. The molecule has 13 heavy (non-hydrogen) atoms. The molecule has 0 aliphatic heterocycles. The first kappa shape index (κ1) is 9.94. The van der Waals surface area contributed by atoms with E-state index in [-0.39, 0.29) is 0 Å². The molecular weight excluding hydrogens is 275 g/mol. The van der Waals surface area contributed by atoms with Crippen molar-refractivity contribution in [3.05, 3.63) is 0 Å². The smallest absolute Gasteiger partial charge is 0.145 e. The zero-order valence-electron chi connectivity index (χ0n) is 8.13. The van der Waals surface area contributed by atoms with E-state index in [1.165, 1.54) is 25.7 Å². The second kappa shape index (κ2) is 3.87. The lowest BCUT2D eigenvalue weighted by atomic mass is 9.67. The highest BCUT2D eigenvalue weighted by Crippen LogP contribution is 2.44. The Labute approximate surface area is 93.8 Å². The van der Waals surface area contributed by atoms with Crippen molar-refractivity contribution in [1.29, 1.82) is 0 Å². The van der Waals surface area contributed by atoms with Gasteiger partial charge in [-0.15, -0.1) is 0 Å². The van der Waals surface area contributed by atoms with E-state index in [1.54, 1.807) is 0 Å². The zero-order chi connectivity index (χ0) is 9.42. The average molecular weight is 292 g/mol. The van der Waals surface area contributed by atoms with Crippen LogP contribution in [-0.2, 0) is 4.79 Å². The van der Waals surface area contributed by atoms with Gasteiger partial charge in [-0.2, -0.15) is 0 Å². The molecular formula is C11H17IO. The Kier molecular flexibility index (Phi) is 2.96. The standard InChI is InChI=1S/C11H17IO/c1-7-2-4-9-8(6-7)3-5-10(13)11(9)12/h7-9,11H,2-6H2,1H3/t7?,8?,9-,11-/m1/s1. The average Bonchev–Trinajstić information content (AvgIpc) is 2.12. The third-order valence-corrected chi connectivity index (χ3v) is 5.37. The summed E-state index contributed by atoms with van der Waals surface area (Å²) in [5, 5.41) is 0. The van der Waals surface area contributed by atoms with Crippen molar-refractivity contribution in [2.45, 2.75) is 43.0 Å².